The van der Waals surface area contributed by atoms with E-state index in [0.717, 1.165) is 11.4 Å². The maximum atomic E-state index is 12.1. The van der Waals surface area contributed by atoms with Crippen LogP contribution in [0.15, 0.2) is 42.5 Å². The highest BCUT2D eigenvalue weighted by Crippen LogP contribution is 2.24. The van der Waals surface area contributed by atoms with Crippen LogP contribution in [-0.2, 0) is 10.5 Å². The zero-order chi connectivity index (χ0) is 16.7. The number of aryl methyl sites for hydroxylation is 2. The van der Waals surface area contributed by atoms with Crippen LogP contribution in [0.1, 0.15) is 23.6 Å². The third-order valence-electron chi connectivity index (χ3n) is 3.46. The molecule has 23 heavy (non-hydrogen) atoms. The van der Waals surface area contributed by atoms with E-state index in [2.05, 4.69) is 37.4 Å². The number of amides is 1. The summed E-state index contributed by atoms with van der Waals surface area (Å²) in [6.07, 6.45) is 0. The number of carbonyl (C=O) groups is 1. The lowest BCUT2D eigenvalue weighted by Crippen LogP contribution is -2.15. The summed E-state index contributed by atoms with van der Waals surface area (Å²) in [5, 5.41) is 2.92. The maximum Gasteiger partial charge on any atom is 0.234 e. The Morgan fingerprint density at radius 1 is 1.17 bits per heavy atom. The van der Waals surface area contributed by atoms with E-state index in [1.165, 1.54) is 16.7 Å². The van der Waals surface area contributed by atoms with Crippen LogP contribution in [0.2, 0.25) is 0 Å². The lowest BCUT2D eigenvalue weighted by Gasteiger charge is -2.11. The first-order valence-corrected chi connectivity index (χ1v) is 8.91. The van der Waals surface area contributed by atoms with Gasteiger partial charge in [-0.3, -0.25) is 4.79 Å². The lowest BCUT2D eigenvalue weighted by molar-refractivity contribution is -0.113. The van der Waals surface area contributed by atoms with Gasteiger partial charge in [0.1, 0.15) is 5.75 Å². The summed E-state index contributed by atoms with van der Waals surface area (Å²) in [5.74, 6) is 1.97. The zero-order valence-corrected chi connectivity index (χ0v) is 14.7. The second-order valence-electron chi connectivity index (χ2n) is 5.40. The molecule has 0 fully saturated rings. The van der Waals surface area contributed by atoms with Crippen molar-refractivity contribution in [1.29, 1.82) is 0 Å². The van der Waals surface area contributed by atoms with Crippen molar-refractivity contribution in [2.24, 2.45) is 0 Å². The monoisotopic (exact) mass is 329 g/mol. The first-order chi connectivity index (χ1) is 11.1. The second kappa shape index (κ2) is 8.63. The average Bonchev–Trinajstić information content (AvgIpc) is 2.53. The van der Waals surface area contributed by atoms with Crippen LogP contribution < -0.4 is 10.1 Å². The van der Waals surface area contributed by atoms with E-state index in [-0.39, 0.29) is 5.91 Å². The van der Waals surface area contributed by atoms with Gasteiger partial charge in [-0.1, -0.05) is 35.9 Å². The molecule has 0 aliphatic carbocycles. The number of carbonyl (C=O) groups excluding carboxylic acids is 1. The van der Waals surface area contributed by atoms with Crippen LogP contribution in [0.5, 0.6) is 5.75 Å². The molecule has 0 bridgehead atoms. The van der Waals surface area contributed by atoms with E-state index in [9.17, 15) is 4.79 Å². The normalized spacial score (nSPS) is 10.4. The van der Waals surface area contributed by atoms with Crippen molar-refractivity contribution in [1.82, 2.24) is 0 Å². The van der Waals surface area contributed by atoms with Gasteiger partial charge in [0.15, 0.2) is 0 Å². The third kappa shape index (κ3) is 5.32. The Balaban J connectivity index is 1.87. The van der Waals surface area contributed by atoms with Gasteiger partial charge in [-0.05, 0) is 44.0 Å². The van der Waals surface area contributed by atoms with Crippen molar-refractivity contribution >= 4 is 23.4 Å². The predicted molar refractivity (Wildman–Crippen MR) is 98.3 cm³/mol. The molecule has 4 heteroatoms. The van der Waals surface area contributed by atoms with Crippen LogP contribution in [0, 0.1) is 13.8 Å². The smallest absolute Gasteiger partial charge is 0.234 e. The minimum Gasteiger partial charge on any atom is -0.492 e. The Morgan fingerprint density at radius 2 is 1.96 bits per heavy atom. The second-order valence-corrected chi connectivity index (χ2v) is 6.39. The maximum absolute atomic E-state index is 12.1. The summed E-state index contributed by atoms with van der Waals surface area (Å²) in [6.45, 7) is 6.70. The number of thioether (sulfide) groups is 1. The van der Waals surface area contributed by atoms with Crippen LogP contribution >= 0.6 is 11.8 Å². The molecule has 0 saturated heterocycles. The fourth-order valence-corrected chi connectivity index (χ4v) is 3.14. The number of para-hydroxylation sites is 2. The summed E-state index contributed by atoms with van der Waals surface area (Å²) in [5.41, 5.74) is 4.54. The minimum atomic E-state index is -0.00698. The molecule has 0 aliphatic heterocycles. The molecule has 1 N–H and O–H groups in total. The van der Waals surface area contributed by atoms with Crippen LogP contribution in [0.25, 0.3) is 0 Å². The SMILES string of the molecule is CCOc1ccccc1NC(=O)CSCc1cc(C)ccc1C. The van der Waals surface area contributed by atoms with Crippen LogP contribution in [0.3, 0.4) is 0 Å². The molecule has 2 rings (SSSR count). The van der Waals surface area contributed by atoms with Crippen LogP contribution in [-0.4, -0.2) is 18.3 Å². The molecule has 122 valence electrons. The van der Waals surface area contributed by atoms with E-state index in [1.807, 2.05) is 31.2 Å². The minimum absolute atomic E-state index is 0.00698. The Bertz CT molecular complexity index is 670. The highest BCUT2D eigenvalue weighted by Gasteiger charge is 2.08. The van der Waals surface area contributed by atoms with Crippen molar-refractivity contribution in [3.8, 4) is 5.75 Å². The molecule has 3 nitrogen and oxygen atoms in total. The quantitative estimate of drug-likeness (QED) is 0.808. The fraction of sp³-hybridized carbons (Fsp3) is 0.316. The van der Waals surface area contributed by atoms with Crippen molar-refractivity contribution in [3.63, 3.8) is 0 Å². The molecule has 0 aromatic heterocycles. The average molecular weight is 329 g/mol. The Hall–Kier alpha value is -1.94. The van der Waals surface area contributed by atoms with Gasteiger partial charge in [0.25, 0.3) is 0 Å². The molecule has 0 aliphatic rings. The van der Waals surface area contributed by atoms with E-state index in [1.54, 1.807) is 11.8 Å². The van der Waals surface area contributed by atoms with Crippen molar-refractivity contribution < 1.29 is 9.53 Å². The fourth-order valence-electron chi connectivity index (χ4n) is 2.25. The Morgan fingerprint density at radius 3 is 2.74 bits per heavy atom. The number of hydrogen-bond acceptors (Lipinski definition) is 3. The van der Waals surface area contributed by atoms with E-state index < -0.39 is 0 Å². The molecule has 0 radical (unpaired) electrons. The molecule has 0 heterocycles. The number of nitrogens with one attached hydrogen (secondary N) is 1. The predicted octanol–water partition coefficient (Wildman–Crippen LogP) is 4.57. The first-order valence-electron chi connectivity index (χ1n) is 7.75. The highest BCUT2D eigenvalue weighted by molar-refractivity contribution is 7.99. The lowest BCUT2D eigenvalue weighted by atomic mass is 10.1. The molecular formula is C19H23NO2S. The number of rotatable bonds is 7. The summed E-state index contributed by atoms with van der Waals surface area (Å²) in [7, 11) is 0. The van der Waals surface area contributed by atoms with E-state index in [0.29, 0.717) is 18.1 Å². The molecule has 2 aromatic carbocycles. The van der Waals surface area contributed by atoms with Gasteiger partial charge < -0.3 is 10.1 Å². The van der Waals surface area contributed by atoms with Crippen molar-refractivity contribution in [3.05, 3.63) is 59.2 Å². The molecule has 0 unspecified atom stereocenters. The number of benzene rings is 2. The largest absolute Gasteiger partial charge is 0.492 e. The van der Waals surface area contributed by atoms with Gasteiger partial charge in [0.05, 0.1) is 18.0 Å². The Labute approximate surface area is 142 Å². The zero-order valence-electron chi connectivity index (χ0n) is 13.9. The van der Waals surface area contributed by atoms with Crippen molar-refractivity contribution in [2.45, 2.75) is 26.5 Å². The van der Waals surface area contributed by atoms with Crippen LogP contribution in [0.4, 0.5) is 5.69 Å². The molecule has 2 aromatic rings. The molecule has 0 atom stereocenters. The standard InChI is InChI=1S/C19H23NO2S/c1-4-22-18-8-6-5-7-17(18)20-19(21)13-23-12-16-11-14(2)9-10-15(16)3/h5-11H,4,12-13H2,1-3H3,(H,20,21). The molecular weight excluding hydrogens is 306 g/mol. The third-order valence-corrected chi connectivity index (χ3v) is 4.44. The number of hydrogen-bond donors (Lipinski definition) is 1. The summed E-state index contributed by atoms with van der Waals surface area (Å²) < 4.78 is 5.52. The van der Waals surface area contributed by atoms with Gasteiger partial charge in [-0.25, -0.2) is 0 Å². The molecule has 1 amide bonds. The Kier molecular flexibility index (Phi) is 6.53. The molecule has 0 saturated carbocycles. The van der Waals surface area contributed by atoms with Gasteiger partial charge in [-0.15, -0.1) is 11.8 Å². The summed E-state index contributed by atoms with van der Waals surface area (Å²) >= 11 is 1.62. The number of anilines is 1. The summed E-state index contributed by atoms with van der Waals surface area (Å²) in [4.78, 5) is 12.1. The number of ether oxygens (including phenoxy) is 1. The van der Waals surface area contributed by atoms with Gasteiger partial charge in [-0.2, -0.15) is 0 Å². The van der Waals surface area contributed by atoms with E-state index in [4.69, 9.17) is 4.74 Å². The van der Waals surface area contributed by atoms with Crippen molar-refractivity contribution in [2.75, 3.05) is 17.7 Å². The first kappa shape index (κ1) is 17.4. The van der Waals surface area contributed by atoms with Gasteiger partial charge >= 0.3 is 0 Å². The highest BCUT2D eigenvalue weighted by atomic mass is 32.2. The van der Waals surface area contributed by atoms with E-state index >= 15 is 0 Å². The van der Waals surface area contributed by atoms with Gasteiger partial charge in [0.2, 0.25) is 5.91 Å². The van der Waals surface area contributed by atoms with Gasteiger partial charge in [0, 0.05) is 5.75 Å². The molecule has 0 spiro atoms. The topological polar surface area (TPSA) is 38.3 Å². The summed E-state index contributed by atoms with van der Waals surface area (Å²) in [6, 6.07) is 13.9.